The van der Waals surface area contributed by atoms with Gasteiger partial charge >= 0.3 is 5.97 Å². The minimum Gasteiger partial charge on any atom is -0.464 e. The van der Waals surface area contributed by atoms with Crippen LogP contribution in [-0.2, 0) is 9.53 Å². The predicted octanol–water partition coefficient (Wildman–Crippen LogP) is 1.63. The molecule has 1 aromatic rings. The van der Waals surface area contributed by atoms with Crippen molar-refractivity contribution in [3.05, 3.63) is 22.8 Å². The van der Waals surface area contributed by atoms with Crippen LogP contribution in [0.3, 0.4) is 0 Å². The number of fused-ring (bicyclic) bond motifs is 1. The van der Waals surface area contributed by atoms with Gasteiger partial charge in [0.25, 0.3) is 0 Å². The fourth-order valence-corrected chi connectivity index (χ4v) is 1.96. The summed E-state index contributed by atoms with van der Waals surface area (Å²) in [5.41, 5.74) is 2.17. The first kappa shape index (κ1) is 12.7. The summed E-state index contributed by atoms with van der Waals surface area (Å²) in [6, 6.07) is 1.83. The Hall–Kier alpha value is -1.75. The first-order valence-electron chi connectivity index (χ1n) is 5.80. The summed E-state index contributed by atoms with van der Waals surface area (Å²) in [7, 11) is 0. The van der Waals surface area contributed by atoms with Crippen molar-refractivity contribution >= 4 is 5.97 Å². The topological polar surface area (TPSA) is 65.0 Å². The second-order valence-electron chi connectivity index (χ2n) is 4.12. The minimum absolute atomic E-state index is 0.0980. The fourth-order valence-electron chi connectivity index (χ4n) is 1.96. The zero-order valence-corrected chi connectivity index (χ0v) is 10.6. The van der Waals surface area contributed by atoms with Crippen molar-refractivity contribution in [2.75, 3.05) is 13.4 Å². The Bertz CT molecular complexity index is 481. The van der Waals surface area contributed by atoms with E-state index in [1.165, 1.54) is 0 Å². The number of aliphatic hydroxyl groups excluding tert-OH is 1. The smallest absolute Gasteiger partial charge is 0.339 e. The monoisotopic (exact) mass is 252 g/mol. The predicted molar refractivity (Wildman–Crippen MR) is 63.6 cm³/mol. The van der Waals surface area contributed by atoms with Crippen LogP contribution in [0.15, 0.2) is 6.07 Å². The van der Waals surface area contributed by atoms with Gasteiger partial charge in [0.15, 0.2) is 17.6 Å². The summed E-state index contributed by atoms with van der Waals surface area (Å²) in [6.45, 7) is 5.73. The molecule has 1 aliphatic rings. The zero-order valence-electron chi connectivity index (χ0n) is 10.6. The summed E-state index contributed by atoms with van der Waals surface area (Å²) in [5, 5.41) is 10.1. The van der Waals surface area contributed by atoms with Gasteiger partial charge < -0.3 is 19.3 Å². The van der Waals surface area contributed by atoms with Gasteiger partial charge in [-0.05, 0) is 38.0 Å². The molecule has 0 radical (unpaired) electrons. The van der Waals surface area contributed by atoms with E-state index in [2.05, 4.69) is 0 Å². The van der Waals surface area contributed by atoms with E-state index in [0.717, 1.165) is 11.1 Å². The largest absolute Gasteiger partial charge is 0.464 e. The van der Waals surface area contributed by atoms with Crippen molar-refractivity contribution < 1.29 is 24.1 Å². The molecule has 5 heteroatoms. The number of esters is 1. The number of hydrogen-bond donors (Lipinski definition) is 1. The SMILES string of the molecule is CCOC(=O)C(O)c1c(C)c(C)cc2c1OCO2. The Morgan fingerprint density at radius 1 is 1.50 bits per heavy atom. The second-order valence-corrected chi connectivity index (χ2v) is 4.12. The van der Waals surface area contributed by atoms with Crippen LogP contribution < -0.4 is 9.47 Å². The molecule has 1 heterocycles. The van der Waals surface area contributed by atoms with Crippen LogP contribution in [0.5, 0.6) is 11.5 Å². The lowest BCUT2D eigenvalue weighted by Gasteiger charge is -2.16. The number of benzene rings is 1. The highest BCUT2D eigenvalue weighted by Crippen LogP contribution is 2.42. The van der Waals surface area contributed by atoms with E-state index in [9.17, 15) is 9.90 Å². The molecule has 98 valence electrons. The number of carbonyl (C=O) groups is 1. The van der Waals surface area contributed by atoms with Gasteiger partial charge in [0.1, 0.15) is 0 Å². The first-order valence-corrected chi connectivity index (χ1v) is 5.80. The molecule has 2 rings (SSSR count). The standard InChI is InChI=1S/C13H16O5/c1-4-16-13(15)11(14)10-8(3)7(2)5-9-12(10)18-6-17-9/h5,11,14H,4,6H2,1-3H3. The van der Waals surface area contributed by atoms with E-state index in [4.69, 9.17) is 14.2 Å². The maximum atomic E-state index is 11.6. The molecule has 1 atom stereocenters. The third-order valence-electron chi connectivity index (χ3n) is 3.01. The number of rotatable bonds is 3. The van der Waals surface area contributed by atoms with Crippen molar-refractivity contribution in [3.8, 4) is 11.5 Å². The third-order valence-corrected chi connectivity index (χ3v) is 3.01. The lowest BCUT2D eigenvalue weighted by atomic mass is 9.97. The zero-order chi connectivity index (χ0) is 13.3. The van der Waals surface area contributed by atoms with Crippen molar-refractivity contribution in [2.24, 2.45) is 0 Å². The minimum atomic E-state index is -1.35. The van der Waals surface area contributed by atoms with Gasteiger partial charge in [-0.25, -0.2) is 4.79 Å². The molecule has 0 saturated carbocycles. The molecule has 0 fully saturated rings. The lowest BCUT2D eigenvalue weighted by molar-refractivity contribution is -0.153. The second kappa shape index (κ2) is 4.86. The van der Waals surface area contributed by atoms with E-state index in [1.807, 2.05) is 19.9 Å². The first-order chi connectivity index (χ1) is 8.56. The quantitative estimate of drug-likeness (QED) is 0.828. The van der Waals surface area contributed by atoms with Crippen LogP contribution in [-0.4, -0.2) is 24.5 Å². The lowest BCUT2D eigenvalue weighted by Crippen LogP contribution is -2.17. The van der Waals surface area contributed by atoms with Gasteiger partial charge in [-0.3, -0.25) is 0 Å². The van der Waals surface area contributed by atoms with Gasteiger partial charge in [0.05, 0.1) is 6.61 Å². The molecule has 0 bridgehead atoms. The van der Waals surface area contributed by atoms with Crippen molar-refractivity contribution in [1.82, 2.24) is 0 Å². The van der Waals surface area contributed by atoms with Gasteiger partial charge in [-0.1, -0.05) is 0 Å². The fraction of sp³-hybridized carbons (Fsp3) is 0.462. The Morgan fingerprint density at radius 3 is 2.89 bits per heavy atom. The van der Waals surface area contributed by atoms with E-state index in [1.54, 1.807) is 6.92 Å². The van der Waals surface area contributed by atoms with Crippen molar-refractivity contribution in [1.29, 1.82) is 0 Å². The number of carbonyl (C=O) groups excluding carboxylic acids is 1. The molecule has 0 aliphatic carbocycles. The Morgan fingerprint density at radius 2 is 2.22 bits per heavy atom. The van der Waals surface area contributed by atoms with E-state index < -0.39 is 12.1 Å². The number of aryl methyl sites for hydroxylation is 1. The highest BCUT2D eigenvalue weighted by molar-refractivity contribution is 5.79. The van der Waals surface area contributed by atoms with Crippen LogP contribution in [0.2, 0.25) is 0 Å². The number of hydrogen-bond acceptors (Lipinski definition) is 5. The molecule has 0 aromatic heterocycles. The molecular weight excluding hydrogens is 236 g/mol. The summed E-state index contributed by atoms with van der Waals surface area (Å²) < 4.78 is 15.4. The van der Waals surface area contributed by atoms with Crippen LogP contribution in [0.25, 0.3) is 0 Å². The van der Waals surface area contributed by atoms with Crippen molar-refractivity contribution in [3.63, 3.8) is 0 Å². The van der Waals surface area contributed by atoms with E-state index in [-0.39, 0.29) is 13.4 Å². The molecule has 1 aromatic carbocycles. The highest BCUT2D eigenvalue weighted by Gasteiger charge is 2.30. The number of aliphatic hydroxyl groups is 1. The summed E-state index contributed by atoms with van der Waals surface area (Å²) >= 11 is 0. The number of ether oxygens (including phenoxy) is 3. The average Bonchev–Trinajstić information content (AvgIpc) is 2.77. The average molecular weight is 252 g/mol. The molecule has 1 aliphatic heterocycles. The Labute approximate surface area is 105 Å². The molecular formula is C13H16O5. The summed E-state index contributed by atoms with van der Waals surface area (Å²) in [5.74, 6) is 0.305. The van der Waals surface area contributed by atoms with E-state index in [0.29, 0.717) is 17.1 Å². The normalized spacial score (nSPS) is 14.4. The van der Waals surface area contributed by atoms with Gasteiger partial charge in [0, 0.05) is 5.56 Å². The van der Waals surface area contributed by atoms with Crippen LogP contribution in [0, 0.1) is 13.8 Å². The Kier molecular flexibility index (Phi) is 3.43. The van der Waals surface area contributed by atoms with Gasteiger partial charge in [-0.15, -0.1) is 0 Å². The summed E-state index contributed by atoms with van der Waals surface area (Å²) in [4.78, 5) is 11.6. The van der Waals surface area contributed by atoms with Crippen LogP contribution in [0.1, 0.15) is 29.7 Å². The molecule has 1 unspecified atom stereocenters. The molecule has 0 spiro atoms. The van der Waals surface area contributed by atoms with Gasteiger partial charge in [0.2, 0.25) is 6.79 Å². The Balaban J connectivity index is 2.46. The van der Waals surface area contributed by atoms with Crippen molar-refractivity contribution in [2.45, 2.75) is 26.9 Å². The summed E-state index contributed by atoms with van der Waals surface area (Å²) in [6.07, 6.45) is -1.35. The van der Waals surface area contributed by atoms with Crippen LogP contribution in [0.4, 0.5) is 0 Å². The highest BCUT2D eigenvalue weighted by atomic mass is 16.7. The van der Waals surface area contributed by atoms with E-state index >= 15 is 0 Å². The molecule has 1 N–H and O–H groups in total. The van der Waals surface area contributed by atoms with Crippen LogP contribution >= 0.6 is 0 Å². The maximum Gasteiger partial charge on any atom is 0.339 e. The molecule has 0 saturated heterocycles. The van der Waals surface area contributed by atoms with Gasteiger partial charge in [-0.2, -0.15) is 0 Å². The molecule has 18 heavy (non-hydrogen) atoms. The maximum absolute atomic E-state index is 11.6. The third kappa shape index (κ3) is 2.01. The molecule has 0 amide bonds. The molecule has 5 nitrogen and oxygen atoms in total.